The number of nitrogens with one attached hydrogen (secondary N) is 2. The number of methoxy groups -OCH3 is 1. The first-order valence-electron chi connectivity index (χ1n) is 8.66. The Morgan fingerprint density at radius 1 is 1.15 bits per heavy atom. The fourth-order valence-electron chi connectivity index (χ4n) is 2.53. The summed E-state index contributed by atoms with van der Waals surface area (Å²) in [5, 5.41) is 5.95. The van der Waals surface area contributed by atoms with Crippen molar-refractivity contribution in [1.29, 1.82) is 0 Å². The van der Waals surface area contributed by atoms with Gasteiger partial charge in [-0.2, -0.15) is 0 Å². The van der Waals surface area contributed by atoms with E-state index in [-0.39, 0.29) is 5.91 Å². The van der Waals surface area contributed by atoms with Gasteiger partial charge in [0, 0.05) is 37.4 Å². The van der Waals surface area contributed by atoms with Crippen LogP contribution in [0.25, 0.3) is 0 Å². The van der Waals surface area contributed by atoms with Crippen molar-refractivity contribution >= 4 is 17.5 Å². The standard InChI is InChI=1S/C19H22N6O2/c1-14-20-11-13-25(14)12-3-9-21-18(26)17-8-10-22-19(24-17)23-15-4-6-16(27-2)7-5-15/h4-8,10-11,13H,3,9,12H2,1-2H3,(H,21,26)(H,22,23,24). The number of aromatic nitrogens is 4. The number of benzene rings is 1. The highest BCUT2D eigenvalue weighted by Gasteiger charge is 2.09. The Bertz CT molecular complexity index is 891. The number of amides is 1. The summed E-state index contributed by atoms with van der Waals surface area (Å²) < 4.78 is 7.18. The lowest BCUT2D eigenvalue weighted by Crippen LogP contribution is -2.26. The Labute approximate surface area is 157 Å². The highest BCUT2D eigenvalue weighted by molar-refractivity contribution is 5.92. The summed E-state index contributed by atoms with van der Waals surface area (Å²) in [4.78, 5) is 24.9. The maximum absolute atomic E-state index is 12.3. The molecule has 0 radical (unpaired) electrons. The third-order valence-corrected chi connectivity index (χ3v) is 4.02. The molecular formula is C19H22N6O2. The van der Waals surface area contributed by atoms with Crippen LogP contribution < -0.4 is 15.4 Å². The number of imidazole rings is 1. The van der Waals surface area contributed by atoms with Crippen LogP contribution in [0.3, 0.4) is 0 Å². The van der Waals surface area contributed by atoms with E-state index in [0.717, 1.165) is 30.2 Å². The van der Waals surface area contributed by atoms with E-state index in [9.17, 15) is 4.79 Å². The Balaban J connectivity index is 1.52. The minimum absolute atomic E-state index is 0.225. The molecule has 8 heteroatoms. The summed E-state index contributed by atoms with van der Waals surface area (Å²) in [6.45, 7) is 3.32. The molecule has 1 amide bonds. The topological polar surface area (TPSA) is 94.0 Å². The smallest absolute Gasteiger partial charge is 0.270 e. The number of carbonyl (C=O) groups is 1. The molecule has 3 rings (SSSR count). The Hall–Kier alpha value is -3.42. The van der Waals surface area contributed by atoms with Gasteiger partial charge in [-0.25, -0.2) is 15.0 Å². The molecule has 140 valence electrons. The summed E-state index contributed by atoms with van der Waals surface area (Å²) in [6.07, 6.45) is 6.07. The van der Waals surface area contributed by atoms with Gasteiger partial charge in [0.1, 0.15) is 17.3 Å². The van der Waals surface area contributed by atoms with E-state index in [1.807, 2.05) is 42.0 Å². The van der Waals surface area contributed by atoms with Crippen molar-refractivity contribution in [3.63, 3.8) is 0 Å². The Morgan fingerprint density at radius 2 is 1.96 bits per heavy atom. The van der Waals surface area contributed by atoms with E-state index in [2.05, 4.69) is 25.6 Å². The van der Waals surface area contributed by atoms with Crippen LogP contribution in [0.15, 0.2) is 48.9 Å². The van der Waals surface area contributed by atoms with Crippen molar-refractivity contribution in [2.24, 2.45) is 0 Å². The molecular weight excluding hydrogens is 344 g/mol. The molecule has 0 aliphatic heterocycles. The van der Waals surface area contributed by atoms with Crippen LogP contribution in [0.1, 0.15) is 22.7 Å². The maximum atomic E-state index is 12.3. The van der Waals surface area contributed by atoms with Gasteiger partial charge in [0.05, 0.1) is 7.11 Å². The third kappa shape index (κ3) is 5.04. The number of aryl methyl sites for hydroxylation is 2. The van der Waals surface area contributed by atoms with E-state index in [1.54, 1.807) is 25.6 Å². The van der Waals surface area contributed by atoms with Crippen molar-refractivity contribution in [2.45, 2.75) is 19.9 Å². The van der Waals surface area contributed by atoms with Crippen molar-refractivity contribution in [3.05, 3.63) is 60.4 Å². The molecule has 2 aromatic heterocycles. The number of hydrogen-bond donors (Lipinski definition) is 2. The fraction of sp³-hybridized carbons (Fsp3) is 0.263. The van der Waals surface area contributed by atoms with E-state index >= 15 is 0 Å². The Morgan fingerprint density at radius 3 is 2.67 bits per heavy atom. The SMILES string of the molecule is COc1ccc(Nc2nccc(C(=O)NCCCn3ccnc3C)n2)cc1. The maximum Gasteiger partial charge on any atom is 0.270 e. The predicted molar refractivity (Wildman–Crippen MR) is 102 cm³/mol. The first-order valence-corrected chi connectivity index (χ1v) is 8.66. The summed E-state index contributed by atoms with van der Waals surface area (Å²) in [5.41, 5.74) is 1.13. The van der Waals surface area contributed by atoms with E-state index in [1.165, 1.54) is 0 Å². The second kappa shape index (κ2) is 8.79. The Kier molecular flexibility index (Phi) is 5.98. The number of anilines is 2. The van der Waals surface area contributed by atoms with Crippen LogP contribution in [-0.4, -0.2) is 39.1 Å². The summed E-state index contributed by atoms with van der Waals surface area (Å²) in [6, 6.07) is 8.97. The molecule has 0 aliphatic carbocycles. The van der Waals surface area contributed by atoms with Gasteiger partial charge < -0.3 is 19.9 Å². The average Bonchev–Trinajstić information content (AvgIpc) is 3.10. The minimum Gasteiger partial charge on any atom is -0.497 e. The van der Waals surface area contributed by atoms with Gasteiger partial charge >= 0.3 is 0 Å². The zero-order valence-electron chi connectivity index (χ0n) is 15.3. The summed E-state index contributed by atoms with van der Waals surface area (Å²) in [7, 11) is 1.62. The molecule has 27 heavy (non-hydrogen) atoms. The monoisotopic (exact) mass is 366 g/mol. The van der Waals surface area contributed by atoms with Crippen molar-refractivity contribution in [1.82, 2.24) is 24.8 Å². The van der Waals surface area contributed by atoms with Crippen molar-refractivity contribution in [3.8, 4) is 5.75 Å². The van der Waals surface area contributed by atoms with Gasteiger partial charge in [0.25, 0.3) is 5.91 Å². The molecule has 0 spiro atoms. The molecule has 0 saturated carbocycles. The first kappa shape index (κ1) is 18.4. The summed E-state index contributed by atoms with van der Waals surface area (Å²) >= 11 is 0. The number of carbonyl (C=O) groups excluding carboxylic acids is 1. The zero-order valence-corrected chi connectivity index (χ0v) is 15.3. The van der Waals surface area contributed by atoms with Gasteiger partial charge in [-0.05, 0) is 43.7 Å². The largest absolute Gasteiger partial charge is 0.497 e. The van der Waals surface area contributed by atoms with Crippen molar-refractivity contribution < 1.29 is 9.53 Å². The number of nitrogens with zero attached hydrogens (tertiary/aromatic N) is 4. The van der Waals surface area contributed by atoms with Gasteiger partial charge in [-0.15, -0.1) is 0 Å². The number of rotatable bonds is 8. The van der Waals surface area contributed by atoms with Crippen molar-refractivity contribution in [2.75, 3.05) is 19.0 Å². The minimum atomic E-state index is -0.225. The van der Waals surface area contributed by atoms with Crippen LogP contribution in [0.2, 0.25) is 0 Å². The molecule has 0 atom stereocenters. The highest BCUT2D eigenvalue weighted by atomic mass is 16.5. The molecule has 0 fully saturated rings. The highest BCUT2D eigenvalue weighted by Crippen LogP contribution is 2.17. The normalized spacial score (nSPS) is 10.4. The van der Waals surface area contributed by atoms with Crippen LogP contribution >= 0.6 is 0 Å². The molecule has 0 saturated heterocycles. The number of ether oxygens (including phenoxy) is 1. The van der Waals surface area contributed by atoms with E-state index in [4.69, 9.17) is 4.74 Å². The summed E-state index contributed by atoms with van der Waals surface area (Å²) in [5.74, 6) is 1.87. The van der Waals surface area contributed by atoms with Gasteiger partial charge in [0.2, 0.25) is 5.95 Å². The first-order chi connectivity index (χ1) is 13.2. The predicted octanol–water partition coefficient (Wildman–Crippen LogP) is 2.55. The fourth-order valence-corrected chi connectivity index (χ4v) is 2.53. The van der Waals surface area contributed by atoms with Crippen LogP contribution in [0, 0.1) is 6.92 Å². The molecule has 1 aromatic carbocycles. The molecule has 0 aliphatic rings. The van der Waals surface area contributed by atoms with Crippen LogP contribution in [0.4, 0.5) is 11.6 Å². The lowest BCUT2D eigenvalue weighted by molar-refractivity contribution is 0.0947. The average molecular weight is 366 g/mol. The third-order valence-electron chi connectivity index (χ3n) is 4.02. The van der Waals surface area contributed by atoms with Gasteiger partial charge in [-0.3, -0.25) is 4.79 Å². The molecule has 2 N–H and O–H groups in total. The number of hydrogen-bond acceptors (Lipinski definition) is 6. The molecule has 0 bridgehead atoms. The zero-order chi connectivity index (χ0) is 19.1. The molecule has 3 aromatic rings. The lowest BCUT2D eigenvalue weighted by Gasteiger charge is -2.08. The second-order valence-electron chi connectivity index (χ2n) is 5.90. The molecule has 8 nitrogen and oxygen atoms in total. The van der Waals surface area contributed by atoms with E-state index in [0.29, 0.717) is 18.2 Å². The van der Waals surface area contributed by atoms with Crippen LogP contribution in [-0.2, 0) is 6.54 Å². The molecule has 2 heterocycles. The van der Waals surface area contributed by atoms with Crippen LogP contribution in [0.5, 0.6) is 5.75 Å². The lowest BCUT2D eigenvalue weighted by atomic mass is 10.3. The molecule has 0 unspecified atom stereocenters. The second-order valence-corrected chi connectivity index (χ2v) is 5.90. The quantitative estimate of drug-likeness (QED) is 0.595. The van der Waals surface area contributed by atoms with Gasteiger partial charge in [-0.1, -0.05) is 0 Å². The van der Waals surface area contributed by atoms with Gasteiger partial charge in [0.15, 0.2) is 0 Å². The van der Waals surface area contributed by atoms with E-state index < -0.39 is 0 Å².